The first-order valence-electron chi connectivity index (χ1n) is 10.5. The Morgan fingerprint density at radius 1 is 1.18 bits per heavy atom. The van der Waals surface area contributed by atoms with E-state index in [2.05, 4.69) is 9.88 Å². The zero-order chi connectivity index (χ0) is 22.7. The Morgan fingerprint density at radius 3 is 2.79 bits per heavy atom. The minimum Gasteiger partial charge on any atom is -0.380 e. The first-order chi connectivity index (χ1) is 16.1. The molecule has 1 unspecified atom stereocenters. The summed E-state index contributed by atoms with van der Waals surface area (Å²) in [5, 5.41) is 16.5. The Morgan fingerprint density at radius 2 is 1.97 bits per heavy atom. The molecule has 164 valence electrons. The molecule has 9 heteroatoms. The number of nitrogens with one attached hydrogen (secondary N) is 1. The number of thiophene rings is 1. The van der Waals surface area contributed by atoms with Crippen LogP contribution in [0.1, 0.15) is 23.0 Å². The SMILES string of the molecule is COCc1cc(C)nc2sc3c(c12)NC(c1ccccc1[N+](=O)[O-])n1c-3nc2ccccc21. The molecule has 0 saturated carbocycles. The fourth-order valence-electron chi connectivity index (χ4n) is 4.65. The highest BCUT2D eigenvalue weighted by Crippen LogP contribution is 2.50. The number of para-hydroxylation sites is 3. The molecular weight excluding hydrogens is 438 g/mol. The maximum absolute atomic E-state index is 11.9. The number of anilines is 1. The van der Waals surface area contributed by atoms with Crippen molar-refractivity contribution in [2.24, 2.45) is 0 Å². The molecule has 0 spiro atoms. The third-order valence-corrected chi connectivity index (χ3v) is 7.02. The molecule has 8 nitrogen and oxygen atoms in total. The van der Waals surface area contributed by atoms with E-state index in [1.807, 2.05) is 43.3 Å². The number of nitro benzene ring substituents is 1. The van der Waals surface area contributed by atoms with Crippen LogP contribution in [-0.4, -0.2) is 26.6 Å². The lowest BCUT2D eigenvalue weighted by atomic mass is 10.1. The number of rotatable bonds is 4. The quantitative estimate of drug-likeness (QED) is 0.277. The number of imidazole rings is 1. The summed E-state index contributed by atoms with van der Waals surface area (Å²) in [5.41, 5.74) is 5.21. The summed E-state index contributed by atoms with van der Waals surface area (Å²) in [6.45, 7) is 2.41. The van der Waals surface area contributed by atoms with Crippen LogP contribution in [0, 0.1) is 17.0 Å². The predicted octanol–water partition coefficient (Wildman–Crippen LogP) is 5.65. The number of aromatic nitrogens is 3. The molecule has 0 aliphatic carbocycles. The van der Waals surface area contributed by atoms with E-state index < -0.39 is 6.17 Å². The summed E-state index contributed by atoms with van der Waals surface area (Å²) in [5.74, 6) is 0.775. The molecule has 0 radical (unpaired) electrons. The first-order valence-corrected chi connectivity index (χ1v) is 11.3. The standard InChI is InChI=1S/C24H19N5O3S/c1-13-11-14(12-32-2)19-20-21(33-24(19)25-13)23-26-16-8-4-6-10-18(16)28(23)22(27-20)15-7-3-5-9-17(15)29(30)31/h3-11,22,27H,12H2,1-2H3. The van der Waals surface area contributed by atoms with Crippen LogP contribution in [0.15, 0.2) is 54.6 Å². The average molecular weight is 458 g/mol. The van der Waals surface area contributed by atoms with Crippen LogP contribution in [0.5, 0.6) is 0 Å². The van der Waals surface area contributed by atoms with Gasteiger partial charge in [0.05, 0.1) is 38.7 Å². The number of nitrogens with zero attached hydrogens (tertiary/aromatic N) is 4. The van der Waals surface area contributed by atoms with Gasteiger partial charge in [-0.15, -0.1) is 11.3 Å². The van der Waals surface area contributed by atoms with Gasteiger partial charge in [-0.2, -0.15) is 0 Å². The second-order valence-corrected chi connectivity index (χ2v) is 9.00. The number of ether oxygens (including phenoxy) is 1. The molecule has 1 aliphatic rings. The smallest absolute Gasteiger partial charge is 0.276 e. The summed E-state index contributed by atoms with van der Waals surface area (Å²) in [6, 6.07) is 16.7. The summed E-state index contributed by atoms with van der Waals surface area (Å²) in [4.78, 5) is 23.1. The van der Waals surface area contributed by atoms with Gasteiger partial charge < -0.3 is 10.1 Å². The fraction of sp³-hybridized carbons (Fsp3) is 0.167. The van der Waals surface area contributed by atoms with E-state index in [9.17, 15) is 10.1 Å². The predicted molar refractivity (Wildman–Crippen MR) is 129 cm³/mol. The van der Waals surface area contributed by atoms with Crippen molar-refractivity contribution in [1.82, 2.24) is 14.5 Å². The molecule has 3 aromatic heterocycles. The van der Waals surface area contributed by atoms with Gasteiger partial charge in [0.2, 0.25) is 0 Å². The molecule has 0 fully saturated rings. The lowest BCUT2D eigenvalue weighted by molar-refractivity contribution is -0.385. The number of hydrogen-bond donors (Lipinski definition) is 1. The fourth-order valence-corrected chi connectivity index (χ4v) is 5.86. The van der Waals surface area contributed by atoms with Crippen LogP contribution in [0.4, 0.5) is 11.4 Å². The molecule has 0 saturated heterocycles. The molecule has 6 rings (SSSR count). The zero-order valence-electron chi connectivity index (χ0n) is 17.9. The van der Waals surface area contributed by atoms with Crippen LogP contribution in [0.2, 0.25) is 0 Å². The Hall–Kier alpha value is -3.82. The van der Waals surface area contributed by atoms with Gasteiger partial charge in [-0.25, -0.2) is 9.97 Å². The van der Waals surface area contributed by atoms with Crippen LogP contribution in [0.25, 0.3) is 32.0 Å². The van der Waals surface area contributed by atoms with Crippen LogP contribution >= 0.6 is 11.3 Å². The summed E-state index contributed by atoms with van der Waals surface area (Å²) >= 11 is 1.57. The summed E-state index contributed by atoms with van der Waals surface area (Å²) in [7, 11) is 1.67. The van der Waals surface area contributed by atoms with Gasteiger partial charge in [0.1, 0.15) is 11.0 Å². The molecule has 33 heavy (non-hydrogen) atoms. The normalized spacial score (nSPS) is 14.8. The summed E-state index contributed by atoms with van der Waals surface area (Å²) in [6.07, 6.45) is -0.504. The molecule has 5 aromatic rings. The highest BCUT2D eigenvalue weighted by molar-refractivity contribution is 7.22. The van der Waals surface area contributed by atoms with Crippen molar-refractivity contribution >= 4 is 44.0 Å². The first kappa shape index (κ1) is 19.8. The lowest BCUT2D eigenvalue weighted by Crippen LogP contribution is -2.25. The average Bonchev–Trinajstić information content (AvgIpc) is 3.37. The minimum absolute atomic E-state index is 0.0628. The number of methoxy groups -OCH3 is 1. The van der Waals surface area contributed by atoms with Crippen LogP contribution in [0.3, 0.4) is 0 Å². The van der Waals surface area contributed by atoms with Crippen LogP contribution < -0.4 is 5.32 Å². The zero-order valence-corrected chi connectivity index (χ0v) is 18.7. The number of hydrogen-bond acceptors (Lipinski definition) is 7. The molecule has 4 heterocycles. The van der Waals surface area contributed by atoms with Gasteiger partial charge in [0.15, 0.2) is 5.82 Å². The van der Waals surface area contributed by atoms with Crippen molar-refractivity contribution < 1.29 is 9.66 Å². The molecule has 0 bridgehead atoms. The Bertz CT molecular complexity index is 1570. The molecule has 0 amide bonds. The van der Waals surface area contributed by atoms with Gasteiger partial charge in [0.25, 0.3) is 5.69 Å². The van der Waals surface area contributed by atoms with Crippen molar-refractivity contribution in [2.45, 2.75) is 19.7 Å². The molecule has 1 N–H and O–H groups in total. The number of fused-ring (bicyclic) bond motifs is 7. The van der Waals surface area contributed by atoms with E-state index >= 15 is 0 Å². The van der Waals surface area contributed by atoms with Crippen molar-refractivity contribution in [2.75, 3.05) is 12.4 Å². The Balaban J connectivity index is 1.70. The number of benzene rings is 2. The second-order valence-electron chi connectivity index (χ2n) is 8.00. The Labute approximate surface area is 192 Å². The molecule has 1 aliphatic heterocycles. The van der Waals surface area contributed by atoms with E-state index in [-0.39, 0.29) is 10.6 Å². The van der Waals surface area contributed by atoms with Crippen molar-refractivity contribution in [1.29, 1.82) is 0 Å². The van der Waals surface area contributed by atoms with Crippen molar-refractivity contribution in [3.05, 3.63) is 81.5 Å². The van der Waals surface area contributed by atoms with Crippen LogP contribution in [-0.2, 0) is 11.3 Å². The largest absolute Gasteiger partial charge is 0.380 e. The minimum atomic E-state index is -0.504. The highest BCUT2D eigenvalue weighted by Gasteiger charge is 2.35. The third-order valence-electron chi connectivity index (χ3n) is 5.94. The van der Waals surface area contributed by atoms with Gasteiger partial charge >= 0.3 is 0 Å². The lowest BCUT2D eigenvalue weighted by Gasteiger charge is -2.28. The maximum atomic E-state index is 11.9. The molecule has 1 atom stereocenters. The molecular formula is C24H19N5O3S. The van der Waals surface area contributed by atoms with E-state index in [0.717, 1.165) is 48.9 Å². The topological polar surface area (TPSA) is 95.1 Å². The van der Waals surface area contributed by atoms with Gasteiger partial charge in [-0.05, 0) is 36.8 Å². The second kappa shape index (κ2) is 7.36. The van der Waals surface area contributed by atoms with E-state index in [4.69, 9.17) is 14.7 Å². The van der Waals surface area contributed by atoms with E-state index in [0.29, 0.717) is 12.2 Å². The number of aryl methyl sites for hydroxylation is 1. The van der Waals surface area contributed by atoms with Crippen molar-refractivity contribution in [3.8, 4) is 10.7 Å². The molecule has 2 aromatic carbocycles. The number of nitro groups is 1. The van der Waals surface area contributed by atoms with E-state index in [1.54, 1.807) is 30.6 Å². The highest BCUT2D eigenvalue weighted by atomic mass is 32.1. The maximum Gasteiger partial charge on any atom is 0.276 e. The van der Waals surface area contributed by atoms with Gasteiger partial charge in [-0.3, -0.25) is 14.7 Å². The van der Waals surface area contributed by atoms with Gasteiger partial charge in [-0.1, -0.05) is 24.3 Å². The monoisotopic (exact) mass is 457 g/mol. The van der Waals surface area contributed by atoms with Crippen molar-refractivity contribution in [3.63, 3.8) is 0 Å². The van der Waals surface area contributed by atoms with Gasteiger partial charge in [0, 0.05) is 24.3 Å². The number of pyridine rings is 1. The summed E-state index contributed by atoms with van der Waals surface area (Å²) < 4.78 is 7.52. The third kappa shape index (κ3) is 2.93. The Kier molecular flexibility index (Phi) is 4.42. The van der Waals surface area contributed by atoms with E-state index in [1.165, 1.54) is 6.07 Å².